The molecule has 2 rings (SSSR count). The molecule has 0 aliphatic heterocycles. The molecule has 0 spiro atoms. The molecule has 0 amide bonds. The van der Waals surface area contributed by atoms with Gasteiger partial charge in [0.25, 0.3) is 0 Å². The summed E-state index contributed by atoms with van der Waals surface area (Å²) in [6, 6.07) is 4.90. The average molecular weight is 276 g/mol. The van der Waals surface area contributed by atoms with Crippen LogP contribution >= 0.6 is 0 Å². The Bertz CT molecular complexity index is 414. The zero-order valence-corrected chi connectivity index (χ0v) is 12.3. The van der Waals surface area contributed by atoms with Crippen LogP contribution in [0.1, 0.15) is 51.1 Å². The van der Waals surface area contributed by atoms with Crippen LogP contribution in [0.5, 0.6) is 0 Å². The highest BCUT2D eigenvalue weighted by Gasteiger charge is 2.27. The van der Waals surface area contributed by atoms with Gasteiger partial charge in [-0.25, -0.2) is 0 Å². The molecule has 0 aromatic carbocycles. The van der Waals surface area contributed by atoms with Gasteiger partial charge in [-0.3, -0.25) is 9.78 Å². The second-order valence-corrected chi connectivity index (χ2v) is 5.47. The fraction of sp³-hybridized carbons (Fsp3) is 0.625. The van der Waals surface area contributed by atoms with Gasteiger partial charge in [0.1, 0.15) is 0 Å². The Balaban J connectivity index is 1.78. The van der Waals surface area contributed by atoms with Crippen LogP contribution in [-0.4, -0.2) is 23.6 Å². The van der Waals surface area contributed by atoms with Crippen molar-refractivity contribution in [1.29, 1.82) is 0 Å². The number of rotatable bonds is 5. The lowest BCUT2D eigenvalue weighted by Gasteiger charge is -2.30. The molecule has 1 saturated carbocycles. The van der Waals surface area contributed by atoms with Crippen LogP contribution < -0.4 is 5.32 Å². The second-order valence-electron chi connectivity index (χ2n) is 5.47. The Hall–Kier alpha value is -1.42. The van der Waals surface area contributed by atoms with Gasteiger partial charge in [0, 0.05) is 24.5 Å². The van der Waals surface area contributed by atoms with Crippen LogP contribution in [0.4, 0.5) is 0 Å². The lowest BCUT2D eigenvalue weighted by atomic mass is 9.85. The van der Waals surface area contributed by atoms with Crippen molar-refractivity contribution >= 4 is 5.97 Å². The Morgan fingerprint density at radius 1 is 1.35 bits per heavy atom. The Labute approximate surface area is 120 Å². The number of ether oxygens (including phenoxy) is 1. The molecule has 0 bridgehead atoms. The molecule has 20 heavy (non-hydrogen) atoms. The van der Waals surface area contributed by atoms with Crippen LogP contribution in [0, 0.1) is 5.92 Å². The summed E-state index contributed by atoms with van der Waals surface area (Å²) in [5, 5.41) is 3.65. The van der Waals surface area contributed by atoms with E-state index in [4.69, 9.17) is 4.74 Å². The number of aromatic nitrogens is 1. The fourth-order valence-corrected chi connectivity index (χ4v) is 2.86. The highest BCUT2D eigenvalue weighted by atomic mass is 16.5. The van der Waals surface area contributed by atoms with Crippen molar-refractivity contribution in [1.82, 2.24) is 10.3 Å². The van der Waals surface area contributed by atoms with E-state index in [0.29, 0.717) is 18.7 Å². The number of pyridine rings is 1. The highest BCUT2D eigenvalue weighted by Crippen LogP contribution is 2.27. The van der Waals surface area contributed by atoms with E-state index in [9.17, 15) is 4.79 Å². The molecule has 0 radical (unpaired) electrons. The van der Waals surface area contributed by atoms with E-state index < -0.39 is 0 Å². The summed E-state index contributed by atoms with van der Waals surface area (Å²) >= 11 is 0. The zero-order valence-electron chi connectivity index (χ0n) is 12.3. The third kappa shape index (κ3) is 4.04. The average Bonchev–Trinajstić information content (AvgIpc) is 2.49. The van der Waals surface area contributed by atoms with Crippen molar-refractivity contribution in [2.75, 3.05) is 6.61 Å². The highest BCUT2D eigenvalue weighted by molar-refractivity contribution is 5.72. The van der Waals surface area contributed by atoms with E-state index in [2.05, 4.69) is 17.2 Å². The van der Waals surface area contributed by atoms with Crippen molar-refractivity contribution in [3.63, 3.8) is 0 Å². The van der Waals surface area contributed by atoms with Crippen molar-refractivity contribution < 1.29 is 9.53 Å². The molecule has 1 aliphatic carbocycles. The molecule has 4 heteroatoms. The molecule has 0 saturated heterocycles. The van der Waals surface area contributed by atoms with E-state index in [0.717, 1.165) is 25.7 Å². The minimum atomic E-state index is -0.0202. The maximum absolute atomic E-state index is 11.7. The quantitative estimate of drug-likeness (QED) is 0.840. The SMILES string of the molecule is CCOC(=O)C1CCC(NC(C)c2ccncc2)CC1. The van der Waals surface area contributed by atoms with Gasteiger partial charge in [-0.1, -0.05) is 0 Å². The van der Waals surface area contributed by atoms with Crippen LogP contribution in [0.3, 0.4) is 0 Å². The van der Waals surface area contributed by atoms with Gasteiger partial charge in [0.05, 0.1) is 12.5 Å². The maximum Gasteiger partial charge on any atom is 0.308 e. The molecular weight excluding hydrogens is 252 g/mol. The maximum atomic E-state index is 11.7. The first-order valence-electron chi connectivity index (χ1n) is 7.53. The molecule has 4 nitrogen and oxygen atoms in total. The summed E-state index contributed by atoms with van der Waals surface area (Å²) in [4.78, 5) is 15.7. The Morgan fingerprint density at radius 3 is 2.60 bits per heavy atom. The van der Waals surface area contributed by atoms with Crippen molar-refractivity contribution in [3.05, 3.63) is 30.1 Å². The summed E-state index contributed by atoms with van der Waals surface area (Å²) in [5.41, 5.74) is 1.26. The number of esters is 1. The minimum Gasteiger partial charge on any atom is -0.466 e. The summed E-state index contributed by atoms with van der Waals surface area (Å²) in [6.07, 6.45) is 7.59. The van der Waals surface area contributed by atoms with E-state index in [1.165, 1.54) is 5.56 Å². The number of carbonyl (C=O) groups is 1. The lowest BCUT2D eigenvalue weighted by Crippen LogP contribution is -2.36. The summed E-state index contributed by atoms with van der Waals surface area (Å²) in [5.74, 6) is 0.0809. The van der Waals surface area contributed by atoms with Crippen LogP contribution in [-0.2, 0) is 9.53 Å². The third-order valence-corrected chi connectivity index (χ3v) is 4.04. The van der Waals surface area contributed by atoms with Crippen LogP contribution in [0.25, 0.3) is 0 Å². The van der Waals surface area contributed by atoms with Gasteiger partial charge in [-0.2, -0.15) is 0 Å². The largest absolute Gasteiger partial charge is 0.466 e. The fourth-order valence-electron chi connectivity index (χ4n) is 2.86. The zero-order chi connectivity index (χ0) is 14.4. The first-order valence-corrected chi connectivity index (χ1v) is 7.53. The predicted octanol–water partition coefficient (Wildman–Crippen LogP) is 2.85. The minimum absolute atomic E-state index is 0.0202. The summed E-state index contributed by atoms with van der Waals surface area (Å²) in [7, 11) is 0. The van der Waals surface area contributed by atoms with Crippen LogP contribution in [0.2, 0.25) is 0 Å². The normalized spacial score (nSPS) is 24.1. The summed E-state index contributed by atoms with van der Waals surface area (Å²) in [6.45, 7) is 4.52. The molecule has 1 aromatic rings. The first-order chi connectivity index (χ1) is 9.70. The monoisotopic (exact) mass is 276 g/mol. The van der Waals surface area contributed by atoms with Crippen molar-refractivity contribution in [2.24, 2.45) is 5.92 Å². The number of hydrogen-bond donors (Lipinski definition) is 1. The van der Waals surface area contributed by atoms with E-state index >= 15 is 0 Å². The molecule has 1 unspecified atom stereocenters. The lowest BCUT2D eigenvalue weighted by molar-refractivity contribution is -0.149. The molecule has 1 aliphatic rings. The van der Waals surface area contributed by atoms with Gasteiger partial charge in [0.2, 0.25) is 0 Å². The van der Waals surface area contributed by atoms with Crippen molar-refractivity contribution in [2.45, 2.75) is 51.6 Å². The molecule has 1 N–H and O–H groups in total. The number of carbonyl (C=O) groups excluding carboxylic acids is 1. The summed E-state index contributed by atoms with van der Waals surface area (Å²) < 4.78 is 5.10. The van der Waals surface area contributed by atoms with E-state index in [1.807, 2.05) is 31.5 Å². The first kappa shape index (κ1) is 15.0. The Kier molecular flexibility index (Phi) is 5.53. The molecule has 110 valence electrons. The smallest absolute Gasteiger partial charge is 0.308 e. The third-order valence-electron chi connectivity index (χ3n) is 4.04. The van der Waals surface area contributed by atoms with Crippen molar-refractivity contribution in [3.8, 4) is 0 Å². The molecule has 1 fully saturated rings. The Morgan fingerprint density at radius 2 is 2.00 bits per heavy atom. The number of nitrogens with one attached hydrogen (secondary N) is 1. The molecule has 1 atom stereocenters. The standard InChI is InChI=1S/C16H24N2O2/c1-3-20-16(19)14-4-6-15(7-5-14)18-12(2)13-8-10-17-11-9-13/h8-12,14-15,18H,3-7H2,1-2H3. The van der Waals surface area contributed by atoms with Gasteiger partial charge in [-0.15, -0.1) is 0 Å². The molecular formula is C16H24N2O2. The predicted molar refractivity (Wildman–Crippen MR) is 78.2 cm³/mol. The van der Waals surface area contributed by atoms with Gasteiger partial charge >= 0.3 is 5.97 Å². The molecule has 1 aromatic heterocycles. The van der Waals surface area contributed by atoms with Gasteiger partial charge in [0.15, 0.2) is 0 Å². The van der Waals surface area contributed by atoms with Gasteiger partial charge in [-0.05, 0) is 57.2 Å². The van der Waals surface area contributed by atoms with Crippen LogP contribution in [0.15, 0.2) is 24.5 Å². The second kappa shape index (κ2) is 7.39. The topological polar surface area (TPSA) is 51.2 Å². The van der Waals surface area contributed by atoms with E-state index in [1.54, 1.807) is 0 Å². The molecule has 1 heterocycles. The van der Waals surface area contributed by atoms with Gasteiger partial charge < -0.3 is 10.1 Å². The number of nitrogens with zero attached hydrogens (tertiary/aromatic N) is 1. The van der Waals surface area contributed by atoms with E-state index in [-0.39, 0.29) is 11.9 Å². The number of hydrogen-bond acceptors (Lipinski definition) is 4.